The van der Waals surface area contributed by atoms with Crippen molar-refractivity contribution < 1.29 is 14.7 Å². The molecule has 5 nitrogen and oxygen atoms in total. The predicted molar refractivity (Wildman–Crippen MR) is 122 cm³/mol. The Kier molecular flexibility index (Phi) is 6.65. The first-order valence-corrected chi connectivity index (χ1v) is 9.91. The smallest absolute Gasteiger partial charge is 0.337 e. The van der Waals surface area contributed by atoms with Crippen LogP contribution in [0, 0.1) is 0 Å². The van der Waals surface area contributed by atoms with Gasteiger partial charge in [0.1, 0.15) is 0 Å². The van der Waals surface area contributed by atoms with Crippen LogP contribution in [0.3, 0.4) is 0 Å². The van der Waals surface area contributed by atoms with E-state index in [1.54, 1.807) is 12.1 Å². The van der Waals surface area contributed by atoms with Crippen LogP contribution in [0.15, 0.2) is 66.7 Å². The van der Waals surface area contributed by atoms with Gasteiger partial charge in [-0.05, 0) is 52.6 Å². The summed E-state index contributed by atoms with van der Waals surface area (Å²) >= 11 is 0. The summed E-state index contributed by atoms with van der Waals surface area (Å²) in [6.45, 7) is 6.53. The van der Waals surface area contributed by atoms with E-state index in [2.05, 4.69) is 10.6 Å². The van der Waals surface area contributed by atoms with E-state index in [1.807, 2.05) is 63.2 Å². The minimum Gasteiger partial charge on any atom is -0.478 e. The third-order valence-corrected chi connectivity index (χ3v) is 4.84. The van der Waals surface area contributed by atoms with Crippen molar-refractivity contribution in [2.45, 2.75) is 33.4 Å². The molecule has 0 saturated heterocycles. The lowest BCUT2D eigenvalue weighted by molar-refractivity contribution is -0.111. The fourth-order valence-electron chi connectivity index (χ4n) is 3.20. The lowest BCUT2D eigenvalue weighted by Gasteiger charge is -2.12. The van der Waals surface area contributed by atoms with E-state index in [0.29, 0.717) is 12.6 Å². The van der Waals surface area contributed by atoms with Crippen molar-refractivity contribution in [1.29, 1.82) is 0 Å². The Morgan fingerprint density at radius 3 is 2.43 bits per heavy atom. The van der Waals surface area contributed by atoms with E-state index in [4.69, 9.17) is 0 Å². The molecule has 0 heterocycles. The van der Waals surface area contributed by atoms with Crippen molar-refractivity contribution in [3.63, 3.8) is 0 Å². The molecule has 3 N–H and O–H groups in total. The van der Waals surface area contributed by atoms with E-state index in [-0.39, 0.29) is 17.2 Å². The number of carbonyl (C=O) groups excluding carboxylic acids is 1. The minimum absolute atomic E-state index is 0.0633. The van der Waals surface area contributed by atoms with Gasteiger partial charge in [0.2, 0.25) is 5.91 Å². The Labute approximate surface area is 176 Å². The van der Waals surface area contributed by atoms with Crippen molar-refractivity contribution >= 4 is 33.9 Å². The molecular formula is C25H26N2O3. The van der Waals surface area contributed by atoms with Crippen LogP contribution in [-0.4, -0.2) is 23.0 Å². The van der Waals surface area contributed by atoms with E-state index in [0.717, 1.165) is 27.5 Å². The molecular weight excluding hydrogens is 376 g/mol. The number of hydrogen-bond acceptors (Lipinski definition) is 3. The van der Waals surface area contributed by atoms with Crippen molar-refractivity contribution in [1.82, 2.24) is 5.32 Å². The van der Waals surface area contributed by atoms with Crippen LogP contribution in [0.25, 0.3) is 16.3 Å². The largest absolute Gasteiger partial charge is 0.478 e. The Morgan fingerprint density at radius 1 is 1.00 bits per heavy atom. The van der Waals surface area contributed by atoms with Gasteiger partial charge in [0, 0.05) is 18.7 Å². The number of carbonyl (C=O) groups is 2. The third-order valence-electron chi connectivity index (χ3n) is 4.84. The summed E-state index contributed by atoms with van der Waals surface area (Å²) < 4.78 is 0. The summed E-state index contributed by atoms with van der Waals surface area (Å²) in [7, 11) is 0. The van der Waals surface area contributed by atoms with Gasteiger partial charge in [-0.1, -0.05) is 56.3 Å². The van der Waals surface area contributed by atoms with E-state index in [1.165, 1.54) is 12.1 Å². The zero-order valence-electron chi connectivity index (χ0n) is 17.4. The Bertz CT molecular complexity index is 1120. The molecule has 0 aromatic heterocycles. The predicted octanol–water partition coefficient (Wildman–Crippen LogP) is 5.08. The first kappa shape index (κ1) is 21.3. The van der Waals surface area contributed by atoms with Crippen LogP contribution in [0.5, 0.6) is 0 Å². The zero-order chi connectivity index (χ0) is 21.7. The molecule has 0 atom stereocenters. The number of rotatable bonds is 7. The molecule has 5 heteroatoms. The number of hydrogen-bond donors (Lipinski definition) is 3. The van der Waals surface area contributed by atoms with Crippen molar-refractivity contribution in [2.75, 3.05) is 5.32 Å². The normalized spacial score (nSPS) is 11.7. The van der Waals surface area contributed by atoms with Crippen LogP contribution in [0.1, 0.15) is 42.3 Å². The van der Waals surface area contributed by atoms with Gasteiger partial charge >= 0.3 is 5.97 Å². The van der Waals surface area contributed by atoms with Crippen LogP contribution >= 0.6 is 0 Å². The molecule has 0 fully saturated rings. The number of allylic oxidation sites excluding steroid dienone is 1. The lowest BCUT2D eigenvalue weighted by Crippen LogP contribution is -2.22. The molecule has 154 valence electrons. The van der Waals surface area contributed by atoms with Crippen molar-refractivity contribution in [2.24, 2.45) is 0 Å². The standard InChI is InChI=1S/C25H26N2O3/c1-16(2)26-15-18-8-11-22(25(29)30)23(13-18)27-24(28)12-17(3)20-10-9-19-6-4-5-7-21(19)14-20/h4-14,16,26H,15H2,1-3H3,(H,27,28)(H,29,30)/b17-12-. The maximum absolute atomic E-state index is 12.6. The molecule has 0 spiro atoms. The van der Waals surface area contributed by atoms with Gasteiger partial charge in [0.25, 0.3) is 0 Å². The van der Waals surface area contributed by atoms with Gasteiger partial charge in [-0.3, -0.25) is 4.79 Å². The SMILES string of the molecule is C/C(=C/C(=O)Nc1cc(CNC(C)C)ccc1C(=O)O)c1ccc2ccccc2c1. The molecule has 0 aliphatic carbocycles. The lowest BCUT2D eigenvalue weighted by atomic mass is 10.0. The average Bonchev–Trinajstić information content (AvgIpc) is 2.71. The second kappa shape index (κ2) is 9.37. The van der Waals surface area contributed by atoms with Crippen LogP contribution in [0.4, 0.5) is 5.69 Å². The topological polar surface area (TPSA) is 78.4 Å². The summed E-state index contributed by atoms with van der Waals surface area (Å²) in [6, 6.07) is 19.4. The molecule has 0 bridgehead atoms. The number of aromatic carboxylic acids is 1. The summed E-state index contributed by atoms with van der Waals surface area (Å²) in [5.74, 6) is -1.44. The van der Waals surface area contributed by atoms with E-state index < -0.39 is 5.97 Å². The number of nitrogens with one attached hydrogen (secondary N) is 2. The fraction of sp³-hybridized carbons (Fsp3) is 0.200. The van der Waals surface area contributed by atoms with Crippen LogP contribution in [0.2, 0.25) is 0 Å². The van der Waals surface area contributed by atoms with Crippen LogP contribution in [-0.2, 0) is 11.3 Å². The number of anilines is 1. The Hall–Kier alpha value is -3.44. The van der Waals surface area contributed by atoms with Crippen molar-refractivity contribution in [3.8, 4) is 0 Å². The second-order valence-electron chi connectivity index (χ2n) is 7.60. The first-order chi connectivity index (χ1) is 14.3. The maximum atomic E-state index is 12.6. The highest BCUT2D eigenvalue weighted by Gasteiger charge is 2.13. The number of carboxylic acids is 1. The van der Waals surface area contributed by atoms with Crippen LogP contribution < -0.4 is 10.6 Å². The molecule has 0 radical (unpaired) electrons. The van der Waals surface area contributed by atoms with Gasteiger partial charge in [-0.15, -0.1) is 0 Å². The van der Waals surface area contributed by atoms with E-state index in [9.17, 15) is 14.7 Å². The molecule has 0 saturated carbocycles. The van der Waals surface area contributed by atoms with Gasteiger partial charge in [0.05, 0.1) is 11.3 Å². The second-order valence-corrected chi connectivity index (χ2v) is 7.60. The maximum Gasteiger partial charge on any atom is 0.337 e. The molecule has 3 rings (SSSR count). The van der Waals surface area contributed by atoms with Gasteiger partial charge < -0.3 is 15.7 Å². The molecule has 0 aliphatic rings. The van der Waals surface area contributed by atoms with Gasteiger partial charge in [0.15, 0.2) is 0 Å². The molecule has 3 aromatic rings. The highest BCUT2D eigenvalue weighted by atomic mass is 16.4. The van der Waals surface area contributed by atoms with Gasteiger partial charge in [-0.2, -0.15) is 0 Å². The third kappa shape index (κ3) is 5.33. The summed E-state index contributed by atoms with van der Waals surface area (Å²) in [4.78, 5) is 24.2. The van der Waals surface area contributed by atoms with Crippen molar-refractivity contribution in [3.05, 3.63) is 83.4 Å². The average molecular weight is 402 g/mol. The highest BCUT2D eigenvalue weighted by molar-refractivity contribution is 6.07. The number of fused-ring (bicyclic) bond motifs is 1. The zero-order valence-corrected chi connectivity index (χ0v) is 17.4. The quantitative estimate of drug-likeness (QED) is 0.482. The summed E-state index contributed by atoms with van der Waals surface area (Å²) in [5.41, 5.74) is 3.00. The summed E-state index contributed by atoms with van der Waals surface area (Å²) in [5, 5.41) is 17.7. The first-order valence-electron chi connectivity index (χ1n) is 9.91. The number of benzene rings is 3. The molecule has 3 aromatic carbocycles. The number of amides is 1. The molecule has 0 aliphatic heterocycles. The van der Waals surface area contributed by atoms with E-state index >= 15 is 0 Å². The molecule has 0 unspecified atom stereocenters. The summed E-state index contributed by atoms with van der Waals surface area (Å²) in [6.07, 6.45) is 1.49. The number of carboxylic acid groups (broad SMARTS) is 1. The van der Waals surface area contributed by atoms with Gasteiger partial charge in [-0.25, -0.2) is 4.79 Å². The Morgan fingerprint density at radius 2 is 1.73 bits per heavy atom. The highest BCUT2D eigenvalue weighted by Crippen LogP contribution is 2.22. The Balaban J connectivity index is 1.82. The monoisotopic (exact) mass is 402 g/mol. The molecule has 1 amide bonds. The minimum atomic E-state index is -1.08. The fourth-order valence-corrected chi connectivity index (χ4v) is 3.20. The molecule has 30 heavy (non-hydrogen) atoms.